The normalized spacial score (nSPS) is 10.8. The van der Waals surface area contributed by atoms with Gasteiger partial charge in [-0.3, -0.25) is 5.10 Å². The van der Waals surface area contributed by atoms with Gasteiger partial charge in [0.2, 0.25) is 5.16 Å². The number of nitrogens with zero attached hydrogens (tertiary/aromatic N) is 2. The summed E-state index contributed by atoms with van der Waals surface area (Å²) in [5.41, 5.74) is 0.787. The van der Waals surface area contributed by atoms with Crippen molar-refractivity contribution in [2.24, 2.45) is 0 Å². The fourth-order valence-corrected chi connectivity index (χ4v) is 2.64. The van der Waals surface area contributed by atoms with Crippen LogP contribution >= 0.6 is 23.4 Å². The SMILES string of the molecule is COc1ccc(Cl)cc1-c1nc(SCCCCO)n[nH]1. The average molecular weight is 314 g/mol. The Kier molecular flexibility index (Phi) is 5.70. The molecule has 0 aliphatic rings. The van der Waals surface area contributed by atoms with Crippen LogP contribution in [0.25, 0.3) is 11.4 Å². The Morgan fingerprint density at radius 1 is 1.40 bits per heavy atom. The summed E-state index contributed by atoms with van der Waals surface area (Å²) in [6.07, 6.45) is 1.73. The highest BCUT2D eigenvalue weighted by atomic mass is 35.5. The minimum absolute atomic E-state index is 0.222. The number of methoxy groups -OCH3 is 1. The topological polar surface area (TPSA) is 71.0 Å². The monoisotopic (exact) mass is 313 g/mol. The molecule has 0 unspecified atom stereocenters. The van der Waals surface area contributed by atoms with Gasteiger partial charge < -0.3 is 9.84 Å². The zero-order valence-electron chi connectivity index (χ0n) is 11.1. The molecule has 0 saturated heterocycles. The number of aromatic amines is 1. The maximum atomic E-state index is 8.73. The van der Waals surface area contributed by atoms with E-state index >= 15 is 0 Å². The number of rotatable bonds is 7. The fraction of sp³-hybridized carbons (Fsp3) is 0.385. The molecule has 0 amide bonds. The molecule has 20 heavy (non-hydrogen) atoms. The summed E-state index contributed by atoms with van der Waals surface area (Å²) in [5, 5.41) is 17.1. The first kappa shape index (κ1) is 15.2. The Morgan fingerprint density at radius 2 is 2.25 bits per heavy atom. The van der Waals surface area contributed by atoms with Crippen LogP contribution in [0.3, 0.4) is 0 Å². The van der Waals surface area contributed by atoms with Crippen molar-refractivity contribution >= 4 is 23.4 Å². The van der Waals surface area contributed by atoms with Crippen LogP contribution < -0.4 is 4.74 Å². The number of nitrogens with one attached hydrogen (secondary N) is 1. The van der Waals surface area contributed by atoms with Gasteiger partial charge in [-0.05, 0) is 31.0 Å². The molecule has 0 aliphatic carbocycles. The second kappa shape index (κ2) is 7.52. The number of aromatic nitrogens is 3. The van der Waals surface area contributed by atoms with Crippen LogP contribution in [-0.4, -0.2) is 39.8 Å². The van der Waals surface area contributed by atoms with Crippen molar-refractivity contribution in [3.05, 3.63) is 23.2 Å². The molecule has 0 spiro atoms. The minimum atomic E-state index is 0.222. The Morgan fingerprint density at radius 3 is 3.00 bits per heavy atom. The van der Waals surface area contributed by atoms with Gasteiger partial charge in [0.15, 0.2) is 5.82 Å². The van der Waals surface area contributed by atoms with E-state index in [1.165, 1.54) is 0 Å². The van der Waals surface area contributed by atoms with Crippen molar-refractivity contribution in [2.75, 3.05) is 19.5 Å². The lowest BCUT2D eigenvalue weighted by molar-refractivity contribution is 0.287. The molecule has 5 nitrogen and oxygen atoms in total. The van der Waals surface area contributed by atoms with Crippen LogP contribution in [0.5, 0.6) is 5.75 Å². The van der Waals surface area contributed by atoms with Gasteiger partial charge in [0.1, 0.15) is 5.75 Å². The lowest BCUT2D eigenvalue weighted by Gasteiger charge is -2.05. The Labute approximate surface area is 126 Å². The van der Waals surface area contributed by atoms with Gasteiger partial charge in [-0.2, -0.15) is 0 Å². The number of aliphatic hydroxyl groups is 1. The van der Waals surface area contributed by atoms with Crippen molar-refractivity contribution < 1.29 is 9.84 Å². The van der Waals surface area contributed by atoms with E-state index in [2.05, 4.69) is 15.2 Å². The number of unbranched alkanes of at least 4 members (excludes halogenated alkanes) is 1. The van der Waals surface area contributed by atoms with Crippen molar-refractivity contribution in [3.8, 4) is 17.1 Å². The Bertz CT molecular complexity index is 562. The first-order valence-corrected chi connectivity index (χ1v) is 7.61. The molecule has 7 heteroatoms. The van der Waals surface area contributed by atoms with Gasteiger partial charge in [-0.25, -0.2) is 4.98 Å². The predicted octanol–water partition coefficient (Wildman–Crippen LogP) is 3.00. The Hall–Kier alpha value is -1.24. The predicted molar refractivity (Wildman–Crippen MR) is 80.4 cm³/mol. The first-order valence-electron chi connectivity index (χ1n) is 6.24. The maximum Gasteiger partial charge on any atom is 0.208 e. The quantitative estimate of drug-likeness (QED) is 0.607. The largest absolute Gasteiger partial charge is 0.496 e. The zero-order chi connectivity index (χ0) is 14.4. The van der Waals surface area contributed by atoms with Gasteiger partial charge in [0, 0.05) is 17.4 Å². The second-order valence-electron chi connectivity index (χ2n) is 4.09. The lowest BCUT2D eigenvalue weighted by atomic mass is 10.2. The molecule has 108 valence electrons. The number of H-pyrrole nitrogens is 1. The second-order valence-corrected chi connectivity index (χ2v) is 5.59. The van der Waals surface area contributed by atoms with Crippen molar-refractivity contribution in [2.45, 2.75) is 18.0 Å². The van der Waals surface area contributed by atoms with E-state index < -0.39 is 0 Å². The van der Waals surface area contributed by atoms with Crippen molar-refractivity contribution in [3.63, 3.8) is 0 Å². The first-order chi connectivity index (χ1) is 9.74. The molecule has 2 N–H and O–H groups in total. The summed E-state index contributed by atoms with van der Waals surface area (Å²) in [6, 6.07) is 5.36. The molecule has 0 bridgehead atoms. The summed E-state index contributed by atoms with van der Waals surface area (Å²) in [5.74, 6) is 2.21. The third-order valence-corrected chi connectivity index (χ3v) is 3.83. The summed E-state index contributed by atoms with van der Waals surface area (Å²) in [6.45, 7) is 0.222. The molecule has 2 aromatic rings. The van der Waals surface area contributed by atoms with E-state index in [9.17, 15) is 0 Å². The summed E-state index contributed by atoms with van der Waals surface area (Å²) in [7, 11) is 1.60. The van der Waals surface area contributed by atoms with Crippen LogP contribution in [0.1, 0.15) is 12.8 Å². The molecule has 0 aliphatic heterocycles. The van der Waals surface area contributed by atoms with Gasteiger partial charge in [-0.15, -0.1) is 5.10 Å². The van der Waals surface area contributed by atoms with Crippen molar-refractivity contribution in [1.82, 2.24) is 15.2 Å². The average Bonchev–Trinajstić information content (AvgIpc) is 2.92. The van der Waals surface area contributed by atoms with Gasteiger partial charge >= 0.3 is 0 Å². The fourth-order valence-electron chi connectivity index (χ4n) is 1.67. The third kappa shape index (κ3) is 3.88. The molecule has 1 heterocycles. The number of hydrogen-bond donors (Lipinski definition) is 2. The van der Waals surface area contributed by atoms with Crippen LogP contribution in [0.15, 0.2) is 23.4 Å². The summed E-state index contributed by atoms with van der Waals surface area (Å²) >= 11 is 7.56. The molecule has 0 fully saturated rings. The molecule has 0 saturated carbocycles. The molecule has 0 radical (unpaired) electrons. The van der Waals surface area contributed by atoms with E-state index in [1.807, 2.05) is 0 Å². The van der Waals surface area contributed by atoms with E-state index in [4.69, 9.17) is 21.4 Å². The lowest BCUT2D eigenvalue weighted by Crippen LogP contribution is -1.89. The highest BCUT2D eigenvalue weighted by molar-refractivity contribution is 7.99. The van der Waals surface area contributed by atoms with Gasteiger partial charge in [0.05, 0.1) is 12.7 Å². The number of halogens is 1. The Balaban J connectivity index is 2.10. The minimum Gasteiger partial charge on any atom is -0.496 e. The smallest absolute Gasteiger partial charge is 0.208 e. The highest BCUT2D eigenvalue weighted by Gasteiger charge is 2.11. The molecular formula is C13H16ClN3O2S. The number of benzene rings is 1. The number of thioether (sulfide) groups is 1. The van der Waals surface area contributed by atoms with E-state index in [0.717, 1.165) is 24.2 Å². The van der Waals surface area contributed by atoms with Crippen molar-refractivity contribution in [1.29, 1.82) is 0 Å². The van der Waals surface area contributed by atoms with Gasteiger partial charge in [-0.1, -0.05) is 23.4 Å². The van der Waals surface area contributed by atoms with E-state index in [-0.39, 0.29) is 6.61 Å². The number of aliphatic hydroxyl groups excluding tert-OH is 1. The van der Waals surface area contributed by atoms with E-state index in [1.54, 1.807) is 37.1 Å². The summed E-state index contributed by atoms with van der Waals surface area (Å²) < 4.78 is 5.30. The molecule has 2 rings (SSSR count). The molecular weight excluding hydrogens is 298 g/mol. The zero-order valence-corrected chi connectivity index (χ0v) is 12.7. The van der Waals surface area contributed by atoms with E-state index in [0.29, 0.717) is 21.8 Å². The van der Waals surface area contributed by atoms with Crippen LogP contribution in [-0.2, 0) is 0 Å². The highest BCUT2D eigenvalue weighted by Crippen LogP contribution is 2.31. The third-order valence-electron chi connectivity index (χ3n) is 2.67. The maximum absolute atomic E-state index is 8.73. The molecule has 1 aromatic heterocycles. The number of hydrogen-bond acceptors (Lipinski definition) is 5. The van der Waals surface area contributed by atoms with Gasteiger partial charge in [0.25, 0.3) is 0 Å². The van der Waals surface area contributed by atoms with Crippen LogP contribution in [0, 0.1) is 0 Å². The van der Waals surface area contributed by atoms with Crippen LogP contribution in [0.2, 0.25) is 5.02 Å². The summed E-state index contributed by atoms with van der Waals surface area (Å²) in [4.78, 5) is 4.42. The van der Waals surface area contributed by atoms with Crippen LogP contribution in [0.4, 0.5) is 0 Å². The molecule has 1 aromatic carbocycles. The molecule has 0 atom stereocenters. The standard InChI is InChI=1S/C13H16ClN3O2S/c1-19-11-5-4-9(14)8-10(11)12-15-13(17-16-12)20-7-3-2-6-18/h4-5,8,18H,2-3,6-7H2,1H3,(H,15,16,17). The number of ether oxygens (including phenoxy) is 1.